The van der Waals surface area contributed by atoms with Crippen molar-refractivity contribution >= 4 is 0 Å². The molecule has 0 saturated carbocycles. The van der Waals surface area contributed by atoms with E-state index in [1.54, 1.807) is 0 Å². The third-order valence-corrected chi connectivity index (χ3v) is 2.62. The van der Waals surface area contributed by atoms with Gasteiger partial charge < -0.3 is 5.32 Å². The summed E-state index contributed by atoms with van der Waals surface area (Å²) in [5.41, 5.74) is 0.0243. The molecule has 0 aromatic carbocycles. The van der Waals surface area contributed by atoms with Crippen LogP contribution < -0.4 is 5.32 Å². The van der Waals surface area contributed by atoms with Crippen LogP contribution in [-0.4, -0.2) is 12.1 Å². The van der Waals surface area contributed by atoms with Crippen LogP contribution in [0.25, 0.3) is 0 Å². The van der Waals surface area contributed by atoms with Crippen molar-refractivity contribution in [2.45, 2.75) is 44.6 Å². The fourth-order valence-corrected chi connectivity index (χ4v) is 1.67. The van der Waals surface area contributed by atoms with Gasteiger partial charge in [0.2, 0.25) is 0 Å². The normalized spacial score (nSPS) is 32.4. The Labute approximate surface area is 69.6 Å². The summed E-state index contributed by atoms with van der Waals surface area (Å²) in [7, 11) is 0. The lowest BCUT2D eigenvalue weighted by atomic mass is 9.92. The molecule has 1 aliphatic rings. The van der Waals surface area contributed by atoms with Gasteiger partial charge in [-0.1, -0.05) is 25.7 Å². The molecule has 1 rings (SSSR count). The summed E-state index contributed by atoms with van der Waals surface area (Å²) in [5.74, 6) is 2.90. The van der Waals surface area contributed by atoms with Crippen LogP contribution in [0.5, 0.6) is 0 Å². The third-order valence-electron chi connectivity index (χ3n) is 2.62. The van der Waals surface area contributed by atoms with E-state index in [4.69, 9.17) is 6.42 Å². The highest BCUT2D eigenvalue weighted by Gasteiger charge is 2.25. The van der Waals surface area contributed by atoms with Gasteiger partial charge in [-0.05, 0) is 25.8 Å². The summed E-state index contributed by atoms with van der Waals surface area (Å²) >= 11 is 0. The van der Waals surface area contributed by atoms with Crippen LogP contribution >= 0.6 is 0 Å². The molecule has 1 unspecified atom stereocenters. The molecule has 0 bridgehead atoms. The van der Waals surface area contributed by atoms with Crippen LogP contribution in [0.4, 0.5) is 0 Å². The topological polar surface area (TPSA) is 12.0 Å². The van der Waals surface area contributed by atoms with Crippen LogP contribution in [0.2, 0.25) is 0 Å². The average molecular weight is 151 g/mol. The fourth-order valence-electron chi connectivity index (χ4n) is 1.67. The van der Waals surface area contributed by atoms with Gasteiger partial charge in [0.1, 0.15) is 0 Å². The Morgan fingerprint density at radius 2 is 2.27 bits per heavy atom. The monoisotopic (exact) mass is 151 g/mol. The lowest BCUT2D eigenvalue weighted by molar-refractivity contribution is 0.398. The van der Waals surface area contributed by atoms with Crippen molar-refractivity contribution in [3.05, 3.63) is 0 Å². The zero-order chi connectivity index (χ0) is 8.16. The van der Waals surface area contributed by atoms with Crippen molar-refractivity contribution in [1.82, 2.24) is 5.32 Å². The second-order valence-electron chi connectivity index (χ2n) is 3.32. The Kier molecular flexibility index (Phi) is 2.96. The van der Waals surface area contributed by atoms with Crippen LogP contribution in [0.15, 0.2) is 0 Å². The summed E-state index contributed by atoms with van der Waals surface area (Å²) < 4.78 is 0. The third kappa shape index (κ3) is 1.97. The summed E-state index contributed by atoms with van der Waals surface area (Å²) in [6, 6.07) is 0. The van der Waals surface area contributed by atoms with Crippen molar-refractivity contribution < 1.29 is 0 Å². The second kappa shape index (κ2) is 3.78. The summed E-state index contributed by atoms with van der Waals surface area (Å²) in [6.45, 7) is 3.26. The smallest absolute Gasteiger partial charge is 0.0795 e. The lowest BCUT2D eigenvalue weighted by Gasteiger charge is -2.26. The molecule has 0 aromatic heterocycles. The van der Waals surface area contributed by atoms with Gasteiger partial charge in [-0.2, -0.15) is 0 Å². The standard InChI is InChI=1S/C10H17N/c1-3-10(4-2)8-6-5-7-9-11-10/h1,11H,4-9H2,2H3. The first-order valence-corrected chi connectivity index (χ1v) is 4.56. The van der Waals surface area contributed by atoms with Crippen LogP contribution in [0, 0.1) is 12.3 Å². The summed E-state index contributed by atoms with van der Waals surface area (Å²) in [4.78, 5) is 0. The summed E-state index contributed by atoms with van der Waals surface area (Å²) in [5, 5.41) is 3.46. The second-order valence-corrected chi connectivity index (χ2v) is 3.32. The van der Waals surface area contributed by atoms with E-state index in [0.29, 0.717) is 0 Å². The Balaban J connectivity index is 2.58. The molecular formula is C10H17N. The van der Waals surface area contributed by atoms with Crippen molar-refractivity contribution in [2.24, 2.45) is 0 Å². The minimum absolute atomic E-state index is 0.0243. The van der Waals surface area contributed by atoms with Crippen molar-refractivity contribution in [3.8, 4) is 12.3 Å². The van der Waals surface area contributed by atoms with E-state index in [1.807, 2.05) is 0 Å². The SMILES string of the molecule is C#CC1(CC)CCCCCN1. The Morgan fingerprint density at radius 3 is 2.91 bits per heavy atom. The number of hydrogen-bond acceptors (Lipinski definition) is 1. The van der Waals surface area contributed by atoms with Gasteiger partial charge >= 0.3 is 0 Å². The van der Waals surface area contributed by atoms with Crippen LogP contribution in [0.1, 0.15) is 39.0 Å². The van der Waals surface area contributed by atoms with Gasteiger partial charge in [-0.25, -0.2) is 0 Å². The van der Waals surface area contributed by atoms with Gasteiger partial charge in [0.25, 0.3) is 0 Å². The average Bonchev–Trinajstić information content (AvgIpc) is 2.30. The Morgan fingerprint density at radius 1 is 1.45 bits per heavy atom. The van der Waals surface area contributed by atoms with Crippen molar-refractivity contribution in [3.63, 3.8) is 0 Å². The maximum atomic E-state index is 5.51. The molecule has 1 atom stereocenters. The molecule has 0 spiro atoms. The molecule has 1 heterocycles. The van der Waals surface area contributed by atoms with E-state index in [2.05, 4.69) is 18.2 Å². The molecule has 0 aliphatic carbocycles. The molecule has 1 saturated heterocycles. The molecule has 62 valence electrons. The van der Waals surface area contributed by atoms with Gasteiger partial charge in [0, 0.05) is 0 Å². The number of nitrogens with one attached hydrogen (secondary N) is 1. The number of hydrogen-bond donors (Lipinski definition) is 1. The quantitative estimate of drug-likeness (QED) is 0.565. The highest BCUT2D eigenvalue weighted by molar-refractivity contribution is 5.12. The minimum atomic E-state index is 0.0243. The molecule has 1 nitrogen and oxygen atoms in total. The van der Waals surface area contributed by atoms with E-state index in [-0.39, 0.29) is 5.54 Å². The minimum Gasteiger partial charge on any atom is -0.301 e. The van der Waals surface area contributed by atoms with E-state index in [1.165, 1.54) is 19.3 Å². The highest BCUT2D eigenvalue weighted by Crippen LogP contribution is 2.21. The molecular weight excluding hydrogens is 134 g/mol. The van der Waals surface area contributed by atoms with E-state index >= 15 is 0 Å². The fraction of sp³-hybridized carbons (Fsp3) is 0.800. The number of rotatable bonds is 1. The van der Waals surface area contributed by atoms with Gasteiger partial charge in [-0.15, -0.1) is 6.42 Å². The van der Waals surface area contributed by atoms with Crippen molar-refractivity contribution in [2.75, 3.05) is 6.54 Å². The zero-order valence-corrected chi connectivity index (χ0v) is 7.32. The first kappa shape index (κ1) is 8.62. The first-order chi connectivity index (χ1) is 5.33. The molecule has 11 heavy (non-hydrogen) atoms. The zero-order valence-electron chi connectivity index (χ0n) is 7.32. The van der Waals surface area contributed by atoms with Gasteiger partial charge in [-0.3, -0.25) is 0 Å². The highest BCUT2D eigenvalue weighted by atomic mass is 15.0. The molecule has 1 N–H and O–H groups in total. The Bertz CT molecular complexity index is 147. The van der Waals surface area contributed by atoms with E-state index in [9.17, 15) is 0 Å². The summed E-state index contributed by atoms with van der Waals surface area (Å²) in [6.07, 6.45) is 11.6. The Hall–Kier alpha value is -0.480. The molecule has 0 aromatic rings. The predicted molar refractivity (Wildman–Crippen MR) is 48.3 cm³/mol. The van der Waals surface area contributed by atoms with Crippen molar-refractivity contribution in [1.29, 1.82) is 0 Å². The molecule has 0 radical (unpaired) electrons. The van der Waals surface area contributed by atoms with Gasteiger partial charge in [0.05, 0.1) is 5.54 Å². The molecule has 1 aliphatic heterocycles. The first-order valence-electron chi connectivity index (χ1n) is 4.56. The van der Waals surface area contributed by atoms with Gasteiger partial charge in [0.15, 0.2) is 0 Å². The predicted octanol–water partition coefficient (Wildman–Crippen LogP) is 1.93. The van der Waals surface area contributed by atoms with E-state index < -0.39 is 0 Å². The van der Waals surface area contributed by atoms with Crippen LogP contribution in [-0.2, 0) is 0 Å². The molecule has 1 heteroatoms. The maximum Gasteiger partial charge on any atom is 0.0795 e. The maximum absolute atomic E-state index is 5.51. The van der Waals surface area contributed by atoms with E-state index in [0.717, 1.165) is 19.4 Å². The molecule has 1 fully saturated rings. The lowest BCUT2D eigenvalue weighted by Crippen LogP contribution is -2.42. The molecule has 0 amide bonds. The number of terminal acetylenes is 1. The largest absolute Gasteiger partial charge is 0.301 e. The van der Waals surface area contributed by atoms with Crippen LogP contribution in [0.3, 0.4) is 0 Å².